The van der Waals surface area contributed by atoms with Gasteiger partial charge in [-0.15, -0.1) is 0 Å². The average molecular weight is 230 g/mol. The summed E-state index contributed by atoms with van der Waals surface area (Å²) in [5.74, 6) is -0.403. The van der Waals surface area contributed by atoms with E-state index >= 15 is 0 Å². The third-order valence-corrected chi connectivity index (χ3v) is 2.71. The molecule has 0 spiro atoms. The molecule has 4 nitrogen and oxygen atoms in total. The van der Waals surface area contributed by atoms with Crippen molar-refractivity contribution in [2.24, 2.45) is 7.05 Å². The van der Waals surface area contributed by atoms with Crippen LogP contribution in [0.4, 0.5) is 0 Å². The third kappa shape index (κ3) is 1.93. The highest BCUT2D eigenvalue weighted by atomic mass is 16.5. The minimum Gasteiger partial charge on any atom is -0.464 e. The number of esters is 1. The maximum Gasteiger partial charge on any atom is 0.358 e. The van der Waals surface area contributed by atoms with Gasteiger partial charge in [-0.3, -0.25) is 4.68 Å². The van der Waals surface area contributed by atoms with E-state index in [1.54, 1.807) is 4.68 Å². The Bertz CT molecular complexity index is 544. The first-order chi connectivity index (χ1) is 8.15. The summed E-state index contributed by atoms with van der Waals surface area (Å²) in [4.78, 5) is 11.5. The van der Waals surface area contributed by atoms with E-state index in [2.05, 4.69) is 5.10 Å². The van der Waals surface area contributed by atoms with Crippen molar-refractivity contribution in [2.45, 2.75) is 6.92 Å². The molecule has 4 heteroatoms. The van der Waals surface area contributed by atoms with Crippen LogP contribution in [0.3, 0.4) is 0 Å². The molecule has 0 N–H and O–H groups in total. The zero-order chi connectivity index (χ0) is 12.4. The van der Waals surface area contributed by atoms with E-state index in [4.69, 9.17) is 4.74 Å². The van der Waals surface area contributed by atoms with Crippen molar-refractivity contribution in [3.8, 4) is 11.3 Å². The maximum absolute atomic E-state index is 11.5. The van der Waals surface area contributed by atoms with Crippen molar-refractivity contribution < 1.29 is 9.53 Å². The first-order valence-corrected chi connectivity index (χ1v) is 5.32. The Morgan fingerprint density at radius 1 is 1.29 bits per heavy atom. The molecule has 1 aromatic heterocycles. The highest BCUT2D eigenvalue weighted by Gasteiger charge is 2.19. The van der Waals surface area contributed by atoms with E-state index in [1.165, 1.54) is 7.11 Å². The van der Waals surface area contributed by atoms with Crippen molar-refractivity contribution in [3.05, 3.63) is 41.6 Å². The Hall–Kier alpha value is -2.10. The van der Waals surface area contributed by atoms with E-state index in [1.807, 2.05) is 44.3 Å². The predicted molar refractivity (Wildman–Crippen MR) is 64.7 cm³/mol. The number of carbonyl (C=O) groups excluding carboxylic acids is 1. The number of aromatic nitrogens is 2. The van der Waals surface area contributed by atoms with Crippen LogP contribution in [0.25, 0.3) is 11.3 Å². The normalized spacial score (nSPS) is 10.3. The molecule has 0 atom stereocenters. The molecule has 2 rings (SSSR count). The number of hydrogen-bond acceptors (Lipinski definition) is 3. The lowest BCUT2D eigenvalue weighted by Gasteiger charge is -2.02. The Labute approximate surface area is 99.8 Å². The lowest BCUT2D eigenvalue weighted by atomic mass is 10.1. The first kappa shape index (κ1) is 11.4. The van der Waals surface area contributed by atoms with Crippen LogP contribution in [-0.2, 0) is 11.8 Å². The standard InChI is InChI=1S/C13H14N2O2/c1-9-11(13(16)17-3)14-15(2)12(9)10-7-5-4-6-8-10/h4-8H,1-3H3. The highest BCUT2D eigenvalue weighted by Crippen LogP contribution is 2.25. The third-order valence-electron chi connectivity index (χ3n) is 2.71. The van der Waals surface area contributed by atoms with Gasteiger partial charge in [0, 0.05) is 18.2 Å². The van der Waals surface area contributed by atoms with Crippen LogP contribution in [0.15, 0.2) is 30.3 Å². The molecule has 0 radical (unpaired) electrons. The minimum atomic E-state index is -0.403. The number of carbonyl (C=O) groups is 1. The van der Waals surface area contributed by atoms with Gasteiger partial charge < -0.3 is 4.74 Å². The van der Waals surface area contributed by atoms with Gasteiger partial charge in [0.05, 0.1) is 12.8 Å². The predicted octanol–water partition coefficient (Wildman–Crippen LogP) is 2.18. The summed E-state index contributed by atoms with van der Waals surface area (Å²) < 4.78 is 6.41. The van der Waals surface area contributed by atoms with Crippen LogP contribution in [-0.4, -0.2) is 22.9 Å². The van der Waals surface area contributed by atoms with Gasteiger partial charge in [0.1, 0.15) is 0 Å². The van der Waals surface area contributed by atoms with Gasteiger partial charge in [-0.25, -0.2) is 4.79 Å². The molecule has 2 aromatic rings. The molecule has 17 heavy (non-hydrogen) atoms. The summed E-state index contributed by atoms with van der Waals surface area (Å²) in [6.45, 7) is 1.88. The van der Waals surface area contributed by atoms with Crippen LogP contribution >= 0.6 is 0 Å². The van der Waals surface area contributed by atoms with Gasteiger partial charge in [-0.2, -0.15) is 5.10 Å². The maximum atomic E-state index is 11.5. The Kier molecular flexibility index (Phi) is 2.95. The monoisotopic (exact) mass is 230 g/mol. The van der Waals surface area contributed by atoms with Gasteiger partial charge in [-0.1, -0.05) is 30.3 Å². The van der Waals surface area contributed by atoms with E-state index in [9.17, 15) is 4.79 Å². The summed E-state index contributed by atoms with van der Waals surface area (Å²) in [5.41, 5.74) is 3.18. The van der Waals surface area contributed by atoms with Crippen molar-refractivity contribution in [3.63, 3.8) is 0 Å². The van der Waals surface area contributed by atoms with Crippen LogP contribution in [0.5, 0.6) is 0 Å². The lowest BCUT2D eigenvalue weighted by molar-refractivity contribution is 0.0592. The summed E-state index contributed by atoms with van der Waals surface area (Å²) in [6, 6.07) is 9.85. The van der Waals surface area contributed by atoms with Crippen LogP contribution in [0.2, 0.25) is 0 Å². The number of benzene rings is 1. The number of methoxy groups -OCH3 is 1. The van der Waals surface area contributed by atoms with E-state index in [0.29, 0.717) is 5.69 Å². The topological polar surface area (TPSA) is 44.1 Å². The summed E-state index contributed by atoms with van der Waals surface area (Å²) >= 11 is 0. The molecular weight excluding hydrogens is 216 g/mol. The summed E-state index contributed by atoms with van der Waals surface area (Å²) in [5, 5.41) is 4.20. The van der Waals surface area contributed by atoms with Gasteiger partial charge >= 0.3 is 5.97 Å². The SMILES string of the molecule is COC(=O)c1nn(C)c(-c2ccccc2)c1C. The van der Waals surface area contributed by atoms with E-state index < -0.39 is 5.97 Å². The summed E-state index contributed by atoms with van der Waals surface area (Å²) in [7, 11) is 3.18. The van der Waals surface area contributed by atoms with Crippen molar-refractivity contribution in [1.29, 1.82) is 0 Å². The number of hydrogen-bond donors (Lipinski definition) is 0. The molecule has 0 saturated carbocycles. The largest absolute Gasteiger partial charge is 0.464 e. The fourth-order valence-electron chi connectivity index (χ4n) is 1.92. The second kappa shape index (κ2) is 4.41. The zero-order valence-corrected chi connectivity index (χ0v) is 10.1. The summed E-state index contributed by atoms with van der Waals surface area (Å²) in [6.07, 6.45) is 0. The molecular formula is C13H14N2O2. The molecule has 0 aliphatic carbocycles. The molecule has 0 aliphatic heterocycles. The smallest absolute Gasteiger partial charge is 0.358 e. The Morgan fingerprint density at radius 3 is 2.53 bits per heavy atom. The molecule has 0 fully saturated rings. The average Bonchev–Trinajstić information content (AvgIpc) is 2.65. The van der Waals surface area contributed by atoms with Gasteiger partial charge in [0.2, 0.25) is 0 Å². The molecule has 0 aliphatic rings. The molecule has 0 saturated heterocycles. The second-order valence-electron chi connectivity index (χ2n) is 3.80. The quantitative estimate of drug-likeness (QED) is 0.743. The Morgan fingerprint density at radius 2 is 1.94 bits per heavy atom. The van der Waals surface area contributed by atoms with Crippen molar-refractivity contribution >= 4 is 5.97 Å². The molecule has 0 unspecified atom stereocenters. The van der Waals surface area contributed by atoms with Gasteiger partial charge in [0.25, 0.3) is 0 Å². The zero-order valence-electron chi connectivity index (χ0n) is 10.1. The van der Waals surface area contributed by atoms with Gasteiger partial charge in [0.15, 0.2) is 5.69 Å². The fourth-order valence-corrected chi connectivity index (χ4v) is 1.92. The molecule has 0 bridgehead atoms. The van der Waals surface area contributed by atoms with Crippen molar-refractivity contribution in [1.82, 2.24) is 9.78 Å². The minimum absolute atomic E-state index is 0.369. The number of aryl methyl sites for hydroxylation is 1. The first-order valence-electron chi connectivity index (χ1n) is 5.32. The lowest BCUT2D eigenvalue weighted by Crippen LogP contribution is -2.04. The number of rotatable bonds is 2. The number of nitrogens with zero attached hydrogens (tertiary/aromatic N) is 2. The van der Waals surface area contributed by atoms with E-state index in [-0.39, 0.29) is 0 Å². The van der Waals surface area contributed by atoms with Crippen LogP contribution in [0.1, 0.15) is 16.1 Å². The molecule has 1 heterocycles. The van der Waals surface area contributed by atoms with Crippen LogP contribution < -0.4 is 0 Å². The van der Waals surface area contributed by atoms with Gasteiger partial charge in [-0.05, 0) is 6.92 Å². The highest BCUT2D eigenvalue weighted by molar-refractivity contribution is 5.91. The molecule has 1 aromatic carbocycles. The van der Waals surface area contributed by atoms with Crippen molar-refractivity contribution in [2.75, 3.05) is 7.11 Å². The molecule has 88 valence electrons. The fraction of sp³-hybridized carbons (Fsp3) is 0.231. The molecule has 0 amide bonds. The second-order valence-corrected chi connectivity index (χ2v) is 3.80. The van der Waals surface area contributed by atoms with Crippen LogP contribution in [0, 0.1) is 6.92 Å². The Balaban J connectivity index is 2.57. The van der Waals surface area contributed by atoms with E-state index in [0.717, 1.165) is 16.8 Å². The number of ether oxygens (including phenoxy) is 1.